The van der Waals surface area contributed by atoms with Crippen LogP contribution in [-0.2, 0) is 4.74 Å². The fourth-order valence-corrected chi connectivity index (χ4v) is 2.17. The molecular formula is C14H23N3O. The summed E-state index contributed by atoms with van der Waals surface area (Å²) in [5, 5.41) is 3.38. The van der Waals surface area contributed by atoms with E-state index in [0.717, 1.165) is 44.8 Å². The van der Waals surface area contributed by atoms with Gasteiger partial charge in [0.25, 0.3) is 0 Å². The van der Waals surface area contributed by atoms with Gasteiger partial charge in [-0.2, -0.15) is 0 Å². The molecule has 0 amide bonds. The minimum atomic E-state index is 0.353. The second-order valence-electron chi connectivity index (χ2n) is 4.71. The molecule has 4 nitrogen and oxygen atoms in total. The maximum absolute atomic E-state index is 5.70. The molecule has 1 aliphatic rings. The Hall–Kier alpha value is -1.29. The zero-order valence-corrected chi connectivity index (χ0v) is 11.4. The molecule has 1 aromatic rings. The average molecular weight is 249 g/mol. The van der Waals surface area contributed by atoms with Gasteiger partial charge in [0, 0.05) is 19.6 Å². The van der Waals surface area contributed by atoms with Crippen LogP contribution in [0, 0.1) is 0 Å². The maximum atomic E-state index is 5.70. The smallest absolute Gasteiger partial charge is 0.0748 e. The number of hydrogen-bond acceptors (Lipinski definition) is 4. The van der Waals surface area contributed by atoms with Crippen LogP contribution in [0.4, 0.5) is 11.4 Å². The van der Waals surface area contributed by atoms with Crippen LogP contribution in [0.25, 0.3) is 0 Å². The number of rotatable bonds is 5. The number of anilines is 2. The number of nitrogens with zero attached hydrogens (tertiary/aromatic N) is 2. The van der Waals surface area contributed by atoms with Gasteiger partial charge in [0.1, 0.15) is 0 Å². The molecule has 4 heteroatoms. The first-order valence-electron chi connectivity index (χ1n) is 6.89. The third kappa shape index (κ3) is 3.35. The van der Waals surface area contributed by atoms with E-state index in [1.807, 2.05) is 12.4 Å². The van der Waals surface area contributed by atoms with E-state index in [0.29, 0.717) is 6.10 Å². The molecule has 1 aliphatic heterocycles. The minimum Gasteiger partial charge on any atom is -0.384 e. The van der Waals surface area contributed by atoms with Crippen molar-refractivity contribution < 1.29 is 4.74 Å². The summed E-state index contributed by atoms with van der Waals surface area (Å²) >= 11 is 0. The van der Waals surface area contributed by atoms with Gasteiger partial charge in [0.2, 0.25) is 0 Å². The van der Waals surface area contributed by atoms with Crippen molar-refractivity contribution in [2.45, 2.75) is 32.8 Å². The molecule has 1 saturated heterocycles. The monoisotopic (exact) mass is 249 g/mol. The molecule has 2 heterocycles. The zero-order chi connectivity index (χ0) is 12.8. The van der Waals surface area contributed by atoms with Gasteiger partial charge in [0.05, 0.1) is 36.5 Å². The Morgan fingerprint density at radius 3 is 3.11 bits per heavy atom. The number of pyridine rings is 1. The molecule has 1 fully saturated rings. The van der Waals surface area contributed by atoms with E-state index < -0.39 is 0 Å². The molecule has 0 bridgehead atoms. The Morgan fingerprint density at radius 1 is 1.44 bits per heavy atom. The van der Waals surface area contributed by atoms with Crippen LogP contribution >= 0.6 is 0 Å². The number of aromatic nitrogens is 1. The molecule has 0 spiro atoms. The average Bonchev–Trinajstić information content (AvgIpc) is 2.45. The molecule has 1 atom stereocenters. The Labute approximate surface area is 109 Å². The Bertz CT molecular complexity index is 370. The molecule has 100 valence electrons. The van der Waals surface area contributed by atoms with Crippen LogP contribution in [0.2, 0.25) is 0 Å². The summed E-state index contributed by atoms with van der Waals surface area (Å²) in [5.74, 6) is 0. The molecule has 18 heavy (non-hydrogen) atoms. The van der Waals surface area contributed by atoms with Crippen LogP contribution in [0.1, 0.15) is 26.7 Å². The fraction of sp³-hybridized carbons (Fsp3) is 0.643. The van der Waals surface area contributed by atoms with Gasteiger partial charge < -0.3 is 15.0 Å². The first-order valence-corrected chi connectivity index (χ1v) is 6.89. The lowest BCUT2D eigenvalue weighted by Gasteiger charge is -2.34. The number of morpholine rings is 1. The predicted molar refractivity (Wildman–Crippen MR) is 75.3 cm³/mol. The quantitative estimate of drug-likeness (QED) is 0.870. The summed E-state index contributed by atoms with van der Waals surface area (Å²) < 4.78 is 5.70. The summed E-state index contributed by atoms with van der Waals surface area (Å²) in [6.45, 7) is 8.06. The molecule has 1 unspecified atom stereocenters. The van der Waals surface area contributed by atoms with Crippen LogP contribution in [0.5, 0.6) is 0 Å². The molecule has 1 aromatic heterocycles. The van der Waals surface area contributed by atoms with Crippen molar-refractivity contribution in [1.82, 2.24) is 4.98 Å². The summed E-state index contributed by atoms with van der Waals surface area (Å²) in [7, 11) is 0. The Kier molecular flexibility index (Phi) is 4.81. The first kappa shape index (κ1) is 13.1. The fourth-order valence-electron chi connectivity index (χ4n) is 2.17. The molecule has 2 rings (SSSR count). The van der Waals surface area contributed by atoms with E-state index in [9.17, 15) is 0 Å². The van der Waals surface area contributed by atoms with E-state index in [2.05, 4.69) is 35.1 Å². The molecular weight excluding hydrogens is 226 g/mol. The molecule has 1 N–H and O–H groups in total. The molecule has 0 saturated carbocycles. The third-order valence-electron chi connectivity index (χ3n) is 3.26. The highest BCUT2D eigenvalue weighted by molar-refractivity contribution is 5.55. The highest BCUT2D eigenvalue weighted by atomic mass is 16.5. The topological polar surface area (TPSA) is 37.4 Å². The van der Waals surface area contributed by atoms with Crippen molar-refractivity contribution in [3.05, 3.63) is 18.5 Å². The van der Waals surface area contributed by atoms with Gasteiger partial charge in [-0.15, -0.1) is 0 Å². The minimum absolute atomic E-state index is 0.353. The Balaban J connectivity index is 2.02. The second-order valence-corrected chi connectivity index (χ2v) is 4.71. The number of hydrogen-bond donors (Lipinski definition) is 1. The van der Waals surface area contributed by atoms with Crippen LogP contribution in [-0.4, -0.2) is 37.3 Å². The molecule has 0 aliphatic carbocycles. The summed E-state index contributed by atoms with van der Waals surface area (Å²) in [4.78, 5) is 6.68. The standard InChI is InChI=1S/C14H23N3O/c1-3-5-16-12-8-13(10-15-9-12)17-6-7-18-14(4-2)11-17/h8-10,14,16H,3-7,11H2,1-2H3. The van der Waals surface area contributed by atoms with Crippen molar-refractivity contribution in [3.63, 3.8) is 0 Å². The zero-order valence-electron chi connectivity index (χ0n) is 11.4. The van der Waals surface area contributed by atoms with E-state index in [-0.39, 0.29) is 0 Å². The van der Waals surface area contributed by atoms with Gasteiger partial charge in [-0.05, 0) is 18.9 Å². The van der Waals surface area contributed by atoms with Gasteiger partial charge in [-0.1, -0.05) is 13.8 Å². The number of ether oxygens (including phenoxy) is 1. The van der Waals surface area contributed by atoms with Crippen LogP contribution in [0.15, 0.2) is 18.5 Å². The van der Waals surface area contributed by atoms with Crippen molar-refractivity contribution in [2.75, 3.05) is 36.5 Å². The highest BCUT2D eigenvalue weighted by Gasteiger charge is 2.19. The lowest BCUT2D eigenvalue weighted by molar-refractivity contribution is 0.0384. The largest absolute Gasteiger partial charge is 0.384 e. The van der Waals surface area contributed by atoms with Crippen molar-refractivity contribution in [1.29, 1.82) is 0 Å². The summed E-state index contributed by atoms with van der Waals surface area (Å²) in [5.41, 5.74) is 2.30. The maximum Gasteiger partial charge on any atom is 0.0748 e. The van der Waals surface area contributed by atoms with Gasteiger partial charge in [-0.3, -0.25) is 4.98 Å². The van der Waals surface area contributed by atoms with E-state index in [1.165, 1.54) is 5.69 Å². The molecule has 0 radical (unpaired) electrons. The van der Waals surface area contributed by atoms with Gasteiger partial charge in [-0.25, -0.2) is 0 Å². The number of nitrogens with one attached hydrogen (secondary N) is 1. The van der Waals surface area contributed by atoms with E-state index >= 15 is 0 Å². The van der Waals surface area contributed by atoms with Crippen molar-refractivity contribution >= 4 is 11.4 Å². The second kappa shape index (κ2) is 6.59. The predicted octanol–water partition coefficient (Wildman–Crippen LogP) is 2.52. The van der Waals surface area contributed by atoms with Crippen molar-refractivity contribution in [2.24, 2.45) is 0 Å². The van der Waals surface area contributed by atoms with Crippen molar-refractivity contribution in [3.8, 4) is 0 Å². The van der Waals surface area contributed by atoms with Crippen LogP contribution in [0.3, 0.4) is 0 Å². The SMILES string of the molecule is CCCNc1cncc(N2CCOC(CC)C2)c1. The summed E-state index contributed by atoms with van der Waals surface area (Å²) in [6.07, 6.45) is 6.37. The van der Waals surface area contributed by atoms with E-state index in [1.54, 1.807) is 0 Å². The van der Waals surface area contributed by atoms with Gasteiger partial charge in [0.15, 0.2) is 0 Å². The third-order valence-corrected chi connectivity index (χ3v) is 3.26. The molecule has 0 aromatic carbocycles. The Morgan fingerprint density at radius 2 is 2.33 bits per heavy atom. The first-order chi connectivity index (χ1) is 8.83. The lowest BCUT2D eigenvalue weighted by atomic mass is 10.2. The van der Waals surface area contributed by atoms with Gasteiger partial charge >= 0.3 is 0 Å². The van der Waals surface area contributed by atoms with Crippen LogP contribution < -0.4 is 10.2 Å². The van der Waals surface area contributed by atoms with E-state index in [4.69, 9.17) is 4.74 Å². The normalized spacial score (nSPS) is 19.9. The lowest BCUT2D eigenvalue weighted by Crippen LogP contribution is -2.42. The summed E-state index contributed by atoms with van der Waals surface area (Å²) in [6, 6.07) is 2.18. The highest BCUT2D eigenvalue weighted by Crippen LogP contribution is 2.21.